The van der Waals surface area contributed by atoms with Crippen LogP contribution in [0.5, 0.6) is 0 Å². The molecule has 1 fully saturated rings. The molecule has 138 valence electrons. The van der Waals surface area contributed by atoms with Crippen molar-refractivity contribution in [2.45, 2.75) is 38.6 Å². The third-order valence-electron chi connectivity index (χ3n) is 4.21. The molecule has 2 N–H and O–H groups in total. The highest BCUT2D eigenvalue weighted by Gasteiger charge is 2.34. The van der Waals surface area contributed by atoms with Crippen LogP contribution in [0.15, 0.2) is 4.99 Å². The molecule has 1 heterocycles. The lowest BCUT2D eigenvalue weighted by molar-refractivity contribution is -0.00254. The second-order valence-corrected chi connectivity index (χ2v) is 5.90. The number of rotatable bonds is 9. The first kappa shape index (κ1) is 22.9. The molecule has 1 rings (SSSR count). The molecule has 6 nitrogen and oxygen atoms in total. The molecule has 0 atom stereocenters. The van der Waals surface area contributed by atoms with Crippen LogP contribution < -0.4 is 10.6 Å². The molecule has 23 heavy (non-hydrogen) atoms. The van der Waals surface area contributed by atoms with Gasteiger partial charge in [0.15, 0.2) is 5.96 Å². The summed E-state index contributed by atoms with van der Waals surface area (Å²) in [4.78, 5) is 7.11. The monoisotopic (exact) mass is 442 g/mol. The van der Waals surface area contributed by atoms with Crippen molar-refractivity contribution in [1.29, 1.82) is 0 Å². The molecule has 7 heteroatoms. The van der Waals surface area contributed by atoms with E-state index in [1.165, 1.54) is 0 Å². The fourth-order valence-corrected chi connectivity index (χ4v) is 2.59. The number of aliphatic imine (C=N–C) groups is 1. The number of likely N-dealkylation sites (N-methyl/N-ethyl adjacent to an activating group) is 1. The van der Waals surface area contributed by atoms with Crippen LogP contribution in [0, 0.1) is 0 Å². The van der Waals surface area contributed by atoms with Gasteiger partial charge in [0.25, 0.3) is 0 Å². The predicted molar refractivity (Wildman–Crippen MR) is 107 cm³/mol. The highest BCUT2D eigenvalue weighted by molar-refractivity contribution is 14.0. The van der Waals surface area contributed by atoms with Crippen molar-refractivity contribution < 1.29 is 9.47 Å². The van der Waals surface area contributed by atoms with E-state index in [0.717, 1.165) is 71.3 Å². The number of ether oxygens (including phenoxy) is 2. The van der Waals surface area contributed by atoms with Crippen molar-refractivity contribution >= 4 is 29.9 Å². The van der Waals surface area contributed by atoms with E-state index in [-0.39, 0.29) is 29.5 Å². The largest absolute Gasteiger partial charge is 0.382 e. The number of guanidine groups is 1. The van der Waals surface area contributed by atoms with Crippen molar-refractivity contribution in [3.8, 4) is 0 Å². The Morgan fingerprint density at radius 2 is 1.91 bits per heavy atom. The summed E-state index contributed by atoms with van der Waals surface area (Å²) in [5.74, 6) is 0.895. The Kier molecular flexibility index (Phi) is 13.1. The van der Waals surface area contributed by atoms with Gasteiger partial charge in [0.1, 0.15) is 0 Å². The predicted octanol–water partition coefficient (Wildman–Crippen LogP) is 1.70. The summed E-state index contributed by atoms with van der Waals surface area (Å²) < 4.78 is 10.9. The van der Waals surface area contributed by atoms with Crippen LogP contribution >= 0.6 is 24.0 Å². The van der Waals surface area contributed by atoms with Gasteiger partial charge in [-0.2, -0.15) is 0 Å². The van der Waals surface area contributed by atoms with Gasteiger partial charge >= 0.3 is 0 Å². The highest BCUT2D eigenvalue weighted by atomic mass is 127. The Bertz CT molecular complexity index is 321. The Morgan fingerprint density at radius 3 is 2.48 bits per heavy atom. The van der Waals surface area contributed by atoms with Gasteiger partial charge in [-0.15, -0.1) is 24.0 Å². The Balaban J connectivity index is 0.00000484. The fraction of sp³-hybridized carbons (Fsp3) is 0.938. The summed E-state index contributed by atoms with van der Waals surface area (Å²) in [6.45, 7) is 9.88. The molecule has 0 spiro atoms. The van der Waals surface area contributed by atoms with Crippen LogP contribution in [0.1, 0.15) is 33.1 Å². The Morgan fingerprint density at radius 1 is 1.22 bits per heavy atom. The molecular weight excluding hydrogens is 407 g/mol. The van der Waals surface area contributed by atoms with E-state index < -0.39 is 0 Å². The first-order valence-electron chi connectivity index (χ1n) is 8.49. The first-order chi connectivity index (χ1) is 10.6. The van der Waals surface area contributed by atoms with Crippen LogP contribution in [0.4, 0.5) is 0 Å². The van der Waals surface area contributed by atoms with E-state index in [4.69, 9.17) is 14.5 Å². The molecule has 1 aliphatic heterocycles. The Hall–Kier alpha value is -0.120. The lowest BCUT2D eigenvalue weighted by Gasteiger charge is -2.41. The van der Waals surface area contributed by atoms with Gasteiger partial charge in [-0.3, -0.25) is 4.99 Å². The van der Waals surface area contributed by atoms with Crippen LogP contribution in [-0.4, -0.2) is 76.6 Å². The fourth-order valence-electron chi connectivity index (χ4n) is 2.59. The molecular formula is C16H35IN4O2. The summed E-state index contributed by atoms with van der Waals surface area (Å²) in [5, 5.41) is 6.70. The third kappa shape index (κ3) is 8.51. The van der Waals surface area contributed by atoms with Gasteiger partial charge in [-0.05, 0) is 47.2 Å². The maximum absolute atomic E-state index is 5.51. The summed E-state index contributed by atoms with van der Waals surface area (Å²) >= 11 is 0. The molecule has 0 aromatic rings. The van der Waals surface area contributed by atoms with Crippen molar-refractivity contribution in [1.82, 2.24) is 15.5 Å². The summed E-state index contributed by atoms with van der Waals surface area (Å²) in [6, 6.07) is 0. The lowest BCUT2D eigenvalue weighted by Crippen LogP contribution is -2.51. The number of hydrogen-bond donors (Lipinski definition) is 2. The summed E-state index contributed by atoms with van der Waals surface area (Å²) in [5.41, 5.74) is 0.117. The minimum Gasteiger partial charge on any atom is -0.382 e. The highest BCUT2D eigenvalue weighted by Crippen LogP contribution is 2.26. The van der Waals surface area contributed by atoms with E-state index in [1.54, 1.807) is 0 Å². The summed E-state index contributed by atoms with van der Waals surface area (Å²) in [6.07, 6.45) is 3.06. The number of halogens is 1. The maximum atomic E-state index is 5.51. The number of nitrogens with one attached hydrogen (secondary N) is 2. The average molecular weight is 442 g/mol. The first-order valence-corrected chi connectivity index (χ1v) is 8.49. The second kappa shape index (κ2) is 13.2. The quantitative estimate of drug-likeness (QED) is 0.247. The minimum absolute atomic E-state index is 0. The maximum Gasteiger partial charge on any atom is 0.191 e. The minimum atomic E-state index is 0. The molecule has 0 aromatic carbocycles. The zero-order valence-electron chi connectivity index (χ0n) is 15.2. The molecule has 0 aromatic heterocycles. The lowest BCUT2D eigenvalue weighted by atomic mass is 9.89. The van der Waals surface area contributed by atoms with Gasteiger partial charge in [-0.1, -0.05) is 0 Å². The third-order valence-corrected chi connectivity index (χ3v) is 4.21. The van der Waals surface area contributed by atoms with Crippen molar-refractivity contribution in [2.24, 2.45) is 4.99 Å². The molecule has 0 bridgehead atoms. The topological polar surface area (TPSA) is 58.1 Å². The number of hydrogen-bond acceptors (Lipinski definition) is 4. The summed E-state index contributed by atoms with van der Waals surface area (Å²) in [7, 11) is 4.28. The van der Waals surface area contributed by atoms with E-state index in [9.17, 15) is 0 Å². The average Bonchev–Trinajstić information content (AvgIpc) is 2.53. The zero-order valence-corrected chi connectivity index (χ0v) is 17.5. The molecule has 0 saturated carbocycles. The van der Waals surface area contributed by atoms with Gasteiger partial charge < -0.3 is 25.0 Å². The zero-order chi connectivity index (χ0) is 16.3. The van der Waals surface area contributed by atoms with Crippen LogP contribution in [0.2, 0.25) is 0 Å². The van der Waals surface area contributed by atoms with Crippen molar-refractivity contribution in [2.75, 3.05) is 60.2 Å². The van der Waals surface area contributed by atoms with E-state index in [2.05, 4.69) is 36.6 Å². The molecule has 1 saturated heterocycles. The smallest absolute Gasteiger partial charge is 0.191 e. The molecule has 1 aliphatic rings. The van der Waals surface area contributed by atoms with Crippen LogP contribution in [0.25, 0.3) is 0 Å². The number of nitrogens with zero attached hydrogens (tertiary/aromatic N) is 2. The standard InChI is InChI=1S/C16H34N4O2.HI/c1-5-17-15(18-10-7-11-21-6-2)19-14-16(20(3)4)8-12-22-13-9-16;/h5-14H2,1-4H3,(H2,17,18,19);1H. The van der Waals surface area contributed by atoms with E-state index >= 15 is 0 Å². The van der Waals surface area contributed by atoms with E-state index in [0.29, 0.717) is 0 Å². The van der Waals surface area contributed by atoms with Gasteiger partial charge in [0, 0.05) is 45.1 Å². The normalized spacial score (nSPS) is 17.7. The second-order valence-electron chi connectivity index (χ2n) is 5.90. The van der Waals surface area contributed by atoms with Crippen LogP contribution in [-0.2, 0) is 9.47 Å². The van der Waals surface area contributed by atoms with Gasteiger partial charge in [0.2, 0.25) is 0 Å². The molecule has 0 radical (unpaired) electrons. The van der Waals surface area contributed by atoms with Crippen molar-refractivity contribution in [3.05, 3.63) is 0 Å². The SMILES string of the molecule is CCNC(=NCC1(N(C)C)CCOCC1)NCCCOCC.I. The van der Waals surface area contributed by atoms with Crippen LogP contribution in [0.3, 0.4) is 0 Å². The molecule has 0 aliphatic carbocycles. The van der Waals surface area contributed by atoms with Crippen molar-refractivity contribution in [3.63, 3.8) is 0 Å². The molecule has 0 amide bonds. The van der Waals surface area contributed by atoms with Gasteiger partial charge in [-0.25, -0.2) is 0 Å². The van der Waals surface area contributed by atoms with E-state index in [1.807, 2.05) is 6.92 Å². The molecule has 0 unspecified atom stereocenters. The van der Waals surface area contributed by atoms with Gasteiger partial charge in [0.05, 0.1) is 6.54 Å². The Labute approximate surface area is 158 Å².